The van der Waals surface area contributed by atoms with E-state index in [1.54, 1.807) is 13.2 Å². The summed E-state index contributed by atoms with van der Waals surface area (Å²) in [5.74, 6) is 2.88. The normalized spacial score (nSPS) is 13.8. The van der Waals surface area contributed by atoms with Crippen LogP contribution in [0.2, 0.25) is 0 Å². The molecule has 5 nitrogen and oxygen atoms in total. The van der Waals surface area contributed by atoms with Crippen molar-refractivity contribution in [3.05, 3.63) is 40.2 Å². The standard InChI is InChI=1S/C18H28N4OS/c1-13(9-14-7-6-8-24-14)10-21-17(19-5)22-12-16-20-11-15(23-16)18(2,3)4/h6-8,11,13H,9-10,12H2,1-5H3,(H2,19,21,22). The fraction of sp³-hybridized carbons (Fsp3) is 0.556. The lowest BCUT2D eigenvalue weighted by atomic mass is 9.94. The van der Waals surface area contributed by atoms with Gasteiger partial charge in [0.25, 0.3) is 0 Å². The summed E-state index contributed by atoms with van der Waals surface area (Å²) in [6.45, 7) is 9.97. The minimum absolute atomic E-state index is 0.0254. The Hall–Kier alpha value is -1.82. The molecule has 1 unspecified atom stereocenters. The third kappa shape index (κ3) is 5.67. The molecule has 0 bridgehead atoms. The van der Waals surface area contributed by atoms with Crippen molar-refractivity contribution >= 4 is 17.3 Å². The van der Waals surface area contributed by atoms with Crippen LogP contribution in [0.4, 0.5) is 0 Å². The number of nitrogens with one attached hydrogen (secondary N) is 2. The molecule has 2 rings (SSSR count). The van der Waals surface area contributed by atoms with E-state index in [4.69, 9.17) is 4.42 Å². The first kappa shape index (κ1) is 18.5. The molecule has 2 aromatic rings. The largest absolute Gasteiger partial charge is 0.443 e. The molecule has 6 heteroatoms. The quantitative estimate of drug-likeness (QED) is 0.619. The number of nitrogens with zero attached hydrogens (tertiary/aromatic N) is 2. The van der Waals surface area contributed by atoms with Crippen molar-refractivity contribution in [3.63, 3.8) is 0 Å². The highest BCUT2D eigenvalue weighted by atomic mass is 32.1. The lowest BCUT2D eigenvalue weighted by molar-refractivity contribution is 0.379. The van der Waals surface area contributed by atoms with E-state index >= 15 is 0 Å². The topological polar surface area (TPSA) is 62.5 Å². The van der Waals surface area contributed by atoms with Crippen molar-refractivity contribution in [1.29, 1.82) is 0 Å². The molecule has 1 atom stereocenters. The second-order valence-corrected chi connectivity index (χ2v) is 8.10. The van der Waals surface area contributed by atoms with E-state index in [9.17, 15) is 0 Å². The van der Waals surface area contributed by atoms with Crippen LogP contribution < -0.4 is 10.6 Å². The summed E-state index contributed by atoms with van der Waals surface area (Å²) < 4.78 is 5.78. The summed E-state index contributed by atoms with van der Waals surface area (Å²) in [7, 11) is 1.77. The number of hydrogen-bond donors (Lipinski definition) is 2. The van der Waals surface area contributed by atoms with Crippen LogP contribution in [0, 0.1) is 5.92 Å². The first-order valence-electron chi connectivity index (χ1n) is 8.30. The van der Waals surface area contributed by atoms with E-state index in [1.165, 1.54) is 4.88 Å². The predicted molar refractivity (Wildman–Crippen MR) is 101 cm³/mol. The van der Waals surface area contributed by atoms with E-state index in [-0.39, 0.29) is 5.41 Å². The number of oxazole rings is 1. The van der Waals surface area contributed by atoms with Gasteiger partial charge in [0, 0.05) is 23.9 Å². The minimum atomic E-state index is -0.0254. The van der Waals surface area contributed by atoms with Crippen molar-refractivity contribution in [2.45, 2.75) is 46.1 Å². The van der Waals surface area contributed by atoms with Crippen LogP contribution in [0.3, 0.4) is 0 Å². The summed E-state index contributed by atoms with van der Waals surface area (Å²) in [6.07, 6.45) is 2.88. The van der Waals surface area contributed by atoms with Gasteiger partial charge in [-0.3, -0.25) is 4.99 Å². The Kier molecular flexibility index (Phi) is 6.43. The molecular weight excluding hydrogens is 320 g/mol. The lowest BCUT2D eigenvalue weighted by Crippen LogP contribution is -2.39. The number of aromatic nitrogens is 1. The third-order valence-corrected chi connectivity index (χ3v) is 4.57. The molecule has 24 heavy (non-hydrogen) atoms. The molecule has 0 spiro atoms. The van der Waals surface area contributed by atoms with Crippen LogP contribution in [0.25, 0.3) is 0 Å². The highest BCUT2D eigenvalue weighted by molar-refractivity contribution is 7.09. The van der Waals surface area contributed by atoms with Crippen LogP contribution >= 0.6 is 11.3 Å². The number of thiophene rings is 1. The van der Waals surface area contributed by atoms with Gasteiger partial charge in [0.1, 0.15) is 5.76 Å². The van der Waals surface area contributed by atoms with Crippen LogP contribution in [-0.4, -0.2) is 24.5 Å². The molecule has 0 aliphatic rings. The molecule has 2 N–H and O–H groups in total. The molecule has 0 aromatic carbocycles. The zero-order valence-corrected chi connectivity index (χ0v) is 16.0. The second-order valence-electron chi connectivity index (χ2n) is 7.06. The third-order valence-electron chi connectivity index (χ3n) is 3.67. The molecule has 0 aliphatic carbocycles. The molecule has 0 aliphatic heterocycles. The summed E-state index contributed by atoms with van der Waals surface area (Å²) >= 11 is 1.81. The predicted octanol–water partition coefficient (Wildman–Crippen LogP) is 3.58. The number of guanidine groups is 1. The SMILES string of the molecule is CN=C(NCc1ncc(C(C)(C)C)o1)NCC(C)Cc1cccs1. The number of rotatable bonds is 6. The van der Waals surface area contributed by atoms with E-state index in [2.05, 4.69) is 65.8 Å². The van der Waals surface area contributed by atoms with Crippen molar-refractivity contribution in [2.24, 2.45) is 10.9 Å². The van der Waals surface area contributed by atoms with Gasteiger partial charge in [-0.2, -0.15) is 0 Å². The summed E-state index contributed by atoms with van der Waals surface area (Å²) in [4.78, 5) is 10.00. The maximum atomic E-state index is 5.78. The van der Waals surface area contributed by atoms with Gasteiger partial charge < -0.3 is 15.1 Å². The minimum Gasteiger partial charge on any atom is -0.443 e. The van der Waals surface area contributed by atoms with Gasteiger partial charge in [0.15, 0.2) is 5.96 Å². The highest BCUT2D eigenvalue weighted by Crippen LogP contribution is 2.22. The van der Waals surface area contributed by atoms with Gasteiger partial charge in [0.05, 0.1) is 12.7 Å². The molecule has 2 aromatic heterocycles. The van der Waals surface area contributed by atoms with Crippen LogP contribution in [0.15, 0.2) is 33.1 Å². The Morgan fingerprint density at radius 2 is 2.17 bits per heavy atom. The zero-order chi connectivity index (χ0) is 17.6. The van der Waals surface area contributed by atoms with E-state index < -0.39 is 0 Å². The first-order valence-corrected chi connectivity index (χ1v) is 9.18. The van der Waals surface area contributed by atoms with Crippen molar-refractivity contribution in [3.8, 4) is 0 Å². The highest BCUT2D eigenvalue weighted by Gasteiger charge is 2.19. The molecule has 0 saturated heterocycles. The number of aliphatic imine (C=N–C) groups is 1. The van der Waals surface area contributed by atoms with Crippen molar-refractivity contribution in [2.75, 3.05) is 13.6 Å². The average Bonchev–Trinajstić information content (AvgIpc) is 3.18. The average molecular weight is 349 g/mol. The maximum Gasteiger partial charge on any atom is 0.213 e. The van der Waals surface area contributed by atoms with Crippen molar-refractivity contribution in [1.82, 2.24) is 15.6 Å². The second kappa shape index (κ2) is 8.33. The molecule has 132 valence electrons. The fourth-order valence-corrected chi connectivity index (χ4v) is 3.10. The molecule has 0 fully saturated rings. The van der Waals surface area contributed by atoms with Gasteiger partial charge in [-0.25, -0.2) is 4.98 Å². The molecule has 2 heterocycles. The van der Waals surface area contributed by atoms with Crippen LogP contribution in [-0.2, 0) is 18.4 Å². The smallest absolute Gasteiger partial charge is 0.213 e. The summed E-state index contributed by atoms with van der Waals surface area (Å²) in [6, 6.07) is 4.28. The van der Waals surface area contributed by atoms with E-state index in [0.29, 0.717) is 18.4 Å². The summed E-state index contributed by atoms with van der Waals surface area (Å²) in [5, 5.41) is 8.74. The fourth-order valence-electron chi connectivity index (χ4n) is 2.23. The van der Waals surface area contributed by atoms with Gasteiger partial charge in [-0.15, -0.1) is 11.3 Å². The monoisotopic (exact) mass is 348 g/mol. The molecule has 0 amide bonds. The Labute approximate surface area is 148 Å². The van der Waals surface area contributed by atoms with Gasteiger partial charge in [-0.05, 0) is 23.8 Å². The van der Waals surface area contributed by atoms with Gasteiger partial charge in [0.2, 0.25) is 5.89 Å². The van der Waals surface area contributed by atoms with Gasteiger partial charge >= 0.3 is 0 Å². The molecule has 0 saturated carbocycles. The van der Waals surface area contributed by atoms with E-state index in [0.717, 1.165) is 24.7 Å². The van der Waals surface area contributed by atoms with Crippen LogP contribution in [0.5, 0.6) is 0 Å². The van der Waals surface area contributed by atoms with Crippen molar-refractivity contribution < 1.29 is 4.42 Å². The Bertz CT molecular complexity index is 640. The Balaban J connectivity index is 1.77. The van der Waals surface area contributed by atoms with Gasteiger partial charge in [-0.1, -0.05) is 33.8 Å². The Morgan fingerprint density at radius 3 is 2.75 bits per heavy atom. The summed E-state index contributed by atoms with van der Waals surface area (Å²) in [5.41, 5.74) is -0.0254. The molecular formula is C18H28N4OS. The van der Waals surface area contributed by atoms with Crippen LogP contribution in [0.1, 0.15) is 44.2 Å². The Morgan fingerprint density at radius 1 is 1.38 bits per heavy atom. The maximum absolute atomic E-state index is 5.78. The first-order chi connectivity index (χ1) is 11.4. The lowest BCUT2D eigenvalue weighted by Gasteiger charge is -2.15. The number of hydrogen-bond acceptors (Lipinski definition) is 4. The van der Waals surface area contributed by atoms with E-state index in [1.807, 2.05) is 11.3 Å². The molecule has 0 radical (unpaired) electrons. The zero-order valence-electron chi connectivity index (χ0n) is 15.2.